The Hall–Kier alpha value is -2.92. The number of ether oxygens (including phenoxy) is 1. The van der Waals surface area contributed by atoms with E-state index < -0.39 is 12.0 Å². The molecule has 26 heavy (non-hydrogen) atoms. The number of rotatable bonds is 6. The molecule has 132 valence electrons. The van der Waals surface area contributed by atoms with Crippen LogP contribution in [-0.4, -0.2) is 23.9 Å². The van der Waals surface area contributed by atoms with Gasteiger partial charge in [0.2, 0.25) is 0 Å². The average molecular weight is 365 g/mol. The van der Waals surface area contributed by atoms with Crippen LogP contribution in [-0.2, 0) is 16.1 Å². The van der Waals surface area contributed by atoms with Crippen molar-refractivity contribution in [2.45, 2.75) is 12.6 Å². The Labute approximate surface area is 156 Å². The molecule has 0 aliphatic rings. The van der Waals surface area contributed by atoms with Crippen molar-refractivity contribution in [3.63, 3.8) is 0 Å². The van der Waals surface area contributed by atoms with E-state index in [2.05, 4.69) is 0 Å². The fourth-order valence-corrected chi connectivity index (χ4v) is 3.47. The third-order valence-electron chi connectivity index (χ3n) is 4.04. The summed E-state index contributed by atoms with van der Waals surface area (Å²) >= 11 is 1.36. The zero-order chi connectivity index (χ0) is 18.4. The van der Waals surface area contributed by atoms with Crippen LogP contribution in [0, 0.1) is 0 Å². The smallest absolute Gasteiger partial charge is 0.333 e. The fraction of sp³-hybridized carbons (Fsp3) is 0.143. The molecular formula is C21H19NO3S. The highest BCUT2D eigenvalue weighted by atomic mass is 32.1. The minimum atomic E-state index is -0.809. The van der Waals surface area contributed by atoms with Crippen LogP contribution >= 0.6 is 11.3 Å². The van der Waals surface area contributed by atoms with Gasteiger partial charge < -0.3 is 9.64 Å². The molecule has 1 aromatic heterocycles. The van der Waals surface area contributed by atoms with E-state index in [-0.39, 0.29) is 5.91 Å². The third kappa shape index (κ3) is 4.00. The minimum Gasteiger partial charge on any atom is -0.467 e. The summed E-state index contributed by atoms with van der Waals surface area (Å²) in [6, 6.07) is 21.7. The quantitative estimate of drug-likeness (QED) is 0.612. The van der Waals surface area contributed by atoms with Crippen molar-refractivity contribution in [1.82, 2.24) is 4.90 Å². The summed E-state index contributed by atoms with van der Waals surface area (Å²) in [6.45, 7) is 0.312. The van der Waals surface area contributed by atoms with Crippen molar-refractivity contribution in [2.75, 3.05) is 7.11 Å². The van der Waals surface area contributed by atoms with Crippen LogP contribution in [0.25, 0.3) is 0 Å². The number of hydrogen-bond donors (Lipinski definition) is 0. The zero-order valence-electron chi connectivity index (χ0n) is 14.4. The molecule has 3 aromatic rings. The van der Waals surface area contributed by atoms with Crippen LogP contribution in [0.15, 0.2) is 78.2 Å². The highest BCUT2D eigenvalue weighted by molar-refractivity contribution is 7.12. The van der Waals surface area contributed by atoms with Crippen LogP contribution in [0.2, 0.25) is 0 Å². The molecule has 1 atom stereocenters. The Bertz CT molecular complexity index is 847. The van der Waals surface area contributed by atoms with Crippen LogP contribution in [0.3, 0.4) is 0 Å². The molecule has 1 heterocycles. The Morgan fingerprint density at radius 2 is 1.62 bits per heavy atom. The van der Waals surface area contributed by atoms with Crippen molar-refractivity contribution in [3.8, 4) is 0 Å². The lowest BCUT2D eigenvalue weighted by molar-refractivity contribution is -0.146. The van der Waals surface area contributed by atoms with Gasteiger partial charge in [0, 0.05) is 6.54 Å². The molecule has 0 N–H and O–H groups in total. The Balaban J connectivity index is 2.04. The number of benzene rings is 2. The van der Waals surface area contributed by atoms with Crippen LogP contribution in [0.5, 0.6) is 0 Å². The second-order valence-corrected chi connectivity index (χ2v) is 6.68. The maximum Gasteiger partial charge on any atom is 0.333 e. The number of esters is 1. The number of carbonyl (C=O) groups excluding carboxylic acids is 2. The third-order valence-corrected chi connectivity index (χ3v) is 4.90. The molecule has 0 aliphatic heterocycles. The first-order valence-corrected chi connectivity index (χ1v) is 9.10. The first kappa shape index (κ1) is 17.9. The van der Waals surface area contributed by atoms with Gasteiger partial charge in [0.15, 0.2) is 6.04 Å². The fourth-order valence-electron chi connectivity index (χ4n) is 2.79. The summed E-state index contributed by atoms with van der Waals surface area (Å²) in [5, 5.41) is 1.85. The van der Waals surface area contributed by atoms with E-state index in [1.54, 1.807) is 11.0 Å². The summed E-state index contributed by atoms with van der Waals surface area (Å²) in [7, 11) is 1.34. The second-order valence-electron chi connectivity index (χ2n) is 5.73. The zero-order valence-corrected chi connectivity index (χ0v) is 15.2. The number of nitrogens with zero attached hydrogens (tertiary/aromatic N) is 1. The van der Waals surface area contributed by atoms with Crippen molar-refractivity contribution in [2.24, 2.45) is 0 Å². The standard InChI is InChI=1S/C21H19NO3S/c1-25-21(24)19(17-11-6-3-7-12-17)22(15-16-9-4-2-5-10-16)20(23)18-13-8-14-26-18/h2-14,19H,15H2,1H3. The predicted molar refractivity (Wildman–Crippen MR) is 102 cm³/mol. The molecule has 0 saturated carbocycles. The van der Waals surface area contributed by atoms with Gasteiger partial charge in [0.25, 0.3) is 5.91 Å². The maximum atomic E-state index is 13.2. The second kappa shape index (κ2) is 8.45. The normalized spacial score (nSPS) is 11.6. The van der Waals surface area contributed by atoms with Crippen molar-refractivity contribution < 1.29 is 14.3 Å². The van der Waals surface area contributed by atoms with Crippen molar-refractivity contribution in [1.29, 1.82) is 0 Å². The number of thiophene rings is 1. The lowest BCUT2D eigenvalue weighted by atomic mass is 10.0. The molecule has 0 aliphatic carbocycles. The summed E-state index contributed by atoms with van der Waals surface area (Å²) in [6.07, 6.45) is 0. The Kier molecular flexibility index (Phi) is 5.81. The molecule has 0 saturated heterocycles. The first-order chi connectivity index (χ1) is 12.7. The predicted octanol–water partition coefficient (Wildman–Crippen LogP) is 4.30. The molecular weight excluding hydrogens is 346 g/mol. The SMILES string of the molecule is COC(=O)C(c1ccccc1)N(Cc1ccccc1)C(=O)c1cccs1. The molecule has 0 fully saturated rings. The summed E-state index contributed by atoms with van der Waals surface area (Å²) in [5.74, 6) is -0.653. The molecule has 4 nitrogen and oxygen atoms in total. The van der Waals surface area contributed by atoms with Gasteiger partial charge in [-0.3, -0.25) is 4.79 Å². The Morgan fingerprint density at radius 3 is 2.19 bits per heavy atom. The van der Waals surface area contributed by atoms with Gasteiger partial charge in [-0.1, -0.05) is 66.7 Å². The number of carbonyl (C=O) groups is 2. The van der Waals surface area contributed by atoms with Crippen molar-refractivity contribution in [3.05, 3.63) is 94.2 Å². The molecule has 1 amide bonds. The van der Waals surface area contributed by atoms with E-state index in [1.165, 1.54) is 18.4 Å². The van der Waals surface area contributed by atoms with Crippen LogP contribution in [0.4, 0.5) is 0 Å². The van der Waals surface area contributed by atoms with E-state index in [0.29, 0.717) is 11.4 Å². The average Bonchev–Trinajstić information content (AvgIpc) is 3.23. The van der Waals surface area contributed by atoms with Gasteiger partial charge in [-0.2, -0.15) is 0 Å². The number of hydrogen-bond acceptors (Lipinski definition) is 4. The summed E-state index contributed by atoms with van der Waals surface area (Å²) in [5.41, 5.74) is 1.67. The molecule has 0 radical (unpaired) electrons. The van der Waals surface area contributed by atoms with E-state index >= 15 is 0 Å². The molecule has 3 rings (SSSR count). The van der Waals surface area contributed by atoms with Gasteiger partial charge in [0.05, 0.1) is 12.0 Å². The van der Waals surface area contributed by atoms with E-state index in [9.17, 15) is 9.59 Å². The van der Waals surface area contributed by atoms with Gasteiger partial charge >= 0.3 is 5.97 Å². The van der Waals surface area contributed by atoms with E-state index in [1.807, 2.05) is 72.1 Å². The molecule has 1 unspecified atom stereocenters. The van der Waals surface area contributed by atoms with E-state index in [4.69, 9.17) is 4.74 Å². The van der Waals surface area contributed by atoms with Gasteiger partial charge in [-0.15, -0.1) is 11.3 Å². The number of amides is 1. The molecule has 2 aromatic carbocycles. The Morgan fingerprint density at radius 1 is 0.962 bits per heavy atom. The molecule has 0 spiro atoms. The summed E-state index contributed by atoms with van der Waals surface area (Å²) < 4.78 is 5.02. The van der Waals surface area contributed by atoms with Gasteiger partial charge in [-0.05, 0) is 22.6 Å². The first-order valence-electron chi connectivity index (χ1n) is 8.22. The van der Waals surface area contributed by atoms with Crippen LogP contribution in [0.1, 0.15) is 26.8 Å². The highest BCUT2D eigenvalue weighted by Crippen LogP contribution is 2.27. The topological polar surface area (TPSA) is 46.6 Å². The summed E-state index contributed by atoms with van der Waals surface area (Å²) in [4.78, 5) is 27.9. The molecule has 5 heteroatoms. The lowest BCUT2D eigenvalue weighted by Crippen LogP contribution is -2.38. The largest absolute Gasteiger partial charge is 0.467 e. The van der Waals surface area contributed by atoms with Crippen molar-refractivity contribution >= 4 is 23.2 Å². The molecule has 0 bridgehead atoms. The number of methoxy groups -OCH3 is 1. The minimum absolute atomic E-state index is 0.192. The van der Waals surface area contributed by atoms with Gasteiger partial charge in [-0.25, -0.2) is 4.79 Å². The van der Waals surface area contributed by atoms with E-state index in [0.717, 1.165) is 11.1 Å². The monoisotopic (exact) mass is 365 g/mol. The lowest BCUT2D eigenvalue weighted by Gasteiger charge is -2.30. The maximum absolute atomic E-state index is 13.2. The highest BCUT2D eigenvalue weighted by Gasteiger charge is 2.33. The van der Waals surface area contributed by atoms with Crippen LogP contribution < -0.4 is 0 Å². The van der Waals surface area contributed by atoms with Gasteiger partial charge in [0.1, 0.15) is 0 Å².